The molecule has 5 aromatic rings. The molecule has 0 N–H and O–H groups in total. The number of aromatic nitrogens is 3. The van der Waals surface area contributed by atoms with Gasteiger partial charge in [-0.3, -0.25) is 4.57 Å². The van der Waals surface area contributed by atoms with Gasteiger partial charge in [-0.25, -0.2) is 18.4 Å². The third-order valence-electron chi connectivity index (χ3n) is 5.57. The molecule has 0 spiro atoms. The number of nitrogens with zero attached hydrogens (tertiary/aromatic N) is 3. The molecule has 0 aliphatic rings. The number of halogens is 3. The Morgan fingerprint density at radius 1 is 0.917 bits per heavy atom. The minimum absolute atomic E-state index is 0.0438. The molecule has 3 aromatic carbocycles. The average molecular weight is 526 g/mol. The molecule has 0 atom stereocenters. The van der Waals surface area contributed by atoms with Crippen molar-refractivity contribution in [1.82, 2.24) is 14.5 Å². The molecule has 5 rings (SSSR count). The number of sulfone groups is 1. The summed E-state index contributed by atoms with van der Waals surface area (Å²) >= 11 is 1.34. The fourth-order valence-electron chi connectivity index (χ4n) is 3.87. The van der Waals surface area contributed by atoms with Crippen molar-refractivity contribution < 1.29 is 21.6 Å². The van der Waals surface area contributed by atoms with E-state index < -0.39 is 21.6 Å². The number of hydrogen-bond acceptors (Lipinski definition) is 5. The Hall–Kier alpha value is -3.76. The van der Waals surface area contributed by atoms with Gasteiger partial charge in [-0.1, -0.05) is 42.5 Å². The minimum Gasteiger partial charge on any atom is -0.299 e. The van der Waals surface area contributed by atoms with E-state index in [-0.39, 0.29) is 16.3 Å². The van der Waals surface area contributed by atoms with Crippen molar-refractivity contribution in [3.05, 3.63) is 96.1 Å². The van der Waals surface area contributed by atoms with Crippen molar-refractivity contribution in [2.45, 2.75) is 11.1 Å². The number of alkyl halides is 3. The van der Waals surface area contributed by atoms with Crippen LogP contribution in [0.1, 0.15) is 5.56 Å². The monoisotopic (exact) mass is 525 g/mol. The molecular weight excluding hydrogens is 507 g/mol. The van der Waals surface area contributed by atoms with Crippen molar-refractivity contribution >= 4 is 21.2 Å². The highest BCUT2D eigenvalue weighted by atomic mass is 32.2. The Balaban J connectivity index is 1.63. The molecule has 36 heavy (non-hydrogen) atoms. The standard InChI is InChI=1S/C26H18F3N3O2S2/c1-36(33,34)20-6-4-5-18(15-20)17-9-11-19(12-10-17)32-16-23(25-30-13-14-35-25)31-24(32)21-7-2-3-8-22(21)26(27,28)29/h2-16H,1H3. The molecule has 0 aliphatic heterocycles. The molecule has 0 saturated heterocycles. The van der Waals surface area contributed by atoms with Gasteiger partial charge in [0.25, 0.3) is 0 Å². The zero-order valence-corrected chi connectivity index (χ0v) is 20.4. The molecule has 10 heteroatoms. The Bertz CT molecular complexity index is 1640. The highest BCUT2D eigenvalue weighted by Crippen LogP contribution is 2.38. The fourth-order valence-corrected chi connectivity index (χ4v) is 5.12. The summed E-state index contributed by atoms with van der Waals surface area (Å²) in [5.41, 5.74) is 1.71. The Labute approximate surface area is 209 Å². The predicted octanol–water partition coefficient (Wildman–Crippen LogP) is 6.75. The van der Waals surface area contributed by atoms with E-state index in [0.717, 1.165) is 17.9 Å². The van der Waals surface area contributed by atoms with E-state index in [1.165, 1.54) is 29.5 Å². The first kappa shape index (κ1) is 24.0. The van der Waals surface area contributed by atoms with Gasteiger partial charge in [-0.05, 0) is 41.5 Å². The van der Waals surface area contributed by atoms with E-state index in [4.69, 9.17) is 0 Å². The maximum Gasteiger partial charge on any atom is 0.417 e. The van der Waals surface area contributed by atoms with Gasteiger partial charge in [0.15, 0.2) is 9.84 Å². The number of rotatable bonds is 5. The van der Waals surface area contributed by atoms with Crippen molar-refractivity contribution in [3.63, 3.8) is 0 Å². The van der Waals surface area contributed by atoms with Crippen LogP contribution in [0, 0.1) is 0 Å². The maximum atomic E-state index is 13.8. The maximum absolute atomic E-state index is 13.8. The van der Waals surface area contributed by atoms with Crippen LogP contribution in [0.5, 0.6) is 0 Å². The van der Waals surface area contributed by atoms with Crippen molar-refractivity contribution in [2.75, 3.05) is 6.26 Å². The van der Waals surface area contributed by atoms with Crippen LogP contribution in [0.4, 0.5) is 13.2 Å². The summed E-state index contributed by atoms with van der Waals surface area (Å²) < 4.78 is 66.9. The van der Waals surface area contributed by atoms with E-state index in [1.807, 2.05) is 0 Å². The minimum atomic E-state index is -4.55. The molecule has 0 saturated carbocycles. The zero-order chi connectivity index (χ0) is 25.5. The molecule has 0 fully saturated rings. The number of imidazole rings is 1. The van der Waals surface area contributed by atoms with Crippen LogP contribution in [0.25, 0.3) is 38.9 Å². The molecule has 0 unspecified atom stereocenters. The smallest absolute Gasteiger partial charge is 0.299 e. The van der Waals surface area contributed by atoms with E-state index in [2.05, 4.69) is 9.97 Å². The quantitative estimate of drug-likeness (QED) is 0.255. The Morgan fingerprint density at radius 2 is 1.67 bits per heavy atom. The van der Waals surface area contributed by atoms with Crippen LogP contribution < -0.4 is 0 Å². The normalized spacial score (nSPS) is 12.1. The summed E-state index contributed by atoms with van der Waals surface area (Å²) in [7, 11) is -3.36. The molecule has 182 valence electrons. The zero-order valence-electron chi connectivity index (χ0n) is 18.8. The second kappa shape index (κ2) is 9.03. The molecule has 0 bridgehead atoms. The summed E-state index contributed by atoms with van der Waals surface area (Å²) in [6, 6.07) is 19.0. The van der Waals surface area contributed by atoms with Gasteiger partial charge < -0.3 is 0 Å². The first-order chi connectivity index (χ1) is 17.1. The number of thiazole rings is 1. The van der Waals surface area contributed by atoms with Gasteiger partial charge in [-0.2, -0.15) is 13.2 Å². The molecular formula is C26H18F3N3O2S2. The average Bonchev–Trinajstić information content (AvgIpc) is 3.54. The van der Waals surface area contributed by atoms with Crippen LogP contribution in [0.2, 0.25) is 0 Å². The Morgan fingerprint density at radius 3 is 2.33 bits per heavy atom. The van der Waals surface area contributed by atoms with Gasteiger partial charge in [0, 0.05) is 35.3 Å². The highest BCUT2D eigenvalue weighted by molar-refractivity contribution is 7.90. The lowest BCUT2D eigenvalue weighted by molar-refractivity contribution is -0.137. The SMILES string of the molecule is CS(=O)(=O)c1cccc(-c2ccc(-n3cc(-c4nccs4)nc3-c3ccccc3C(F)(F)F)cc2)c1. The summed E-state index contributed by atoms with van der Waals surface area (Å²) in [4.78, 5) is 9.00. The second-order valence-electron chi connectivity index (χ2n) is 8.05. The van der Waals surface area contributed by atoms with Gasteiger partial charge in [0.2, 0.25) is 0 Å². The molecule has 2 heterocycles. The lowest BCUT2D eigenvalue weighted by Gasteiger charge is -2.14. The summed E-state index contributed by atoms with van der Waals surface area (Å²) in [5.74, 6) is 0.139. The van der Waals surface area contributed by atoms with Gasteiger partial charge >= 0.3 is 6.18 Å². The van der Waals surface area contributed by atoms with Crippen LogP contribution in [-0.2, 0) is 16.0 Å². The lowest BCUT2D eigenvalue weighted by atomic mass is 10.0. The molecule has 0 aliphatic carbocycles. The van der Waals surface area contributed by atoms with Crippen molar-refractivity contribution in [3.8, 4) is 38.9 Å². The van der Waals surface area contributed by atoms with E-state index in [9.17, 15) is 21.6 Å². The molecule has 0 amide bonds. The highest BCUT2D eigenvalue weighted by Gasteiger charge is 2.34. The van der Waals surface area contributed by atoms with Crippen LogP contribution in [0.15, 0.2) is 95.5 Å². The number of hydrogen-bond donors (Lipinski definition) is 0. The van der Waals surface area contributed by atoms with E-state index in [0.29, 0.717) is 22.0 Å². The predicted molar refractivity (Wildman–Crippen MR) is 134 cm³/mol. The van der Waals surface area contributed by atoms with Crippen LogP contribution in [-0.4, -0.2) is 29.2 Å². The third kappa shape index (κ3) is 4.69. The first-order valence-corrected chi connectivity index (χ1v) is 13.5. The molecule has 5 nitrogen and oxygen atoms in total. The van der Waals surface area contributed by atoms with Gasteiger partial charge in [0.05, 0.1) is 10.5 Å². The Kier molecular flexibility index (Phi) is 6.01. The van der Waals surface area contributed by atoms with Crippen LogP contribution >= 0.6 is 11.3 Å². The van der Waals surface area contributed by atoms with E-state index >= 15 is 0 Å². The molecule has 2 aromatic heterocycles. The second-order valence-corrected chi connectivity index (χ2v) is 11.0. The topological polar surface area (TPSA) is 64.8 Å². The van der Waals surface area contributed by atoms with Gasteiger partial charge in [-0.15, -0.1) is 11.3 Å². The molecule has 0 radical (unpaired) electrons. The summed E-state index contributed by atoms with van der Waals surface area (Å²) in [6.07, 6.45) is -0.125. The van der Waals surface area contributed by atoms with Crippen LogP contribution in [0.3, 0.4) is 0 Å². The van der Waals surface area contributed by atoms with E-state index in [1.54, 1.807) is 70.9 Å². The van der Waals surface area contributed by atoms with Crippen molar-refractivity contribution in [1.29, 1.82) is 0 Å². The third-order valence-corrected chi connectivity index (χ3v) is 7.48. The lowest BCUT2D eigenvalue weighted by Crippen LogP contribution is -2.08. The summed E-state index contributed by atoms with van der Waals surface area (Å²) in [5, 5.41) is 2.37. The fraction of sp³-hybridized carbons (Fsp3) is 0.0769. The largest absolute Gasteiger partial charge is 0.417 e. The first-order valence-electron chi connectivity index (χ1n) is 10.7. The summed E-state index contributed by atoms with van der Waals surface area (Å²) in [6.45, 7) is 0. The number of benzene rings is 3. The van der Waals surface area contributed by atoms with Crippen molar-refractivity contribution in [2.24, 2.45) is 0 Å². The van der Waals surface area contributed by atoms with Gasteiger partial charge in [0.1, 0.15) is 16.5 Å².